The molecule has 1 aromatic carbocycles. The van der Waals surface area contributed by atoms with Gasteiger partial charge in [0.15, 0.2) is 0 Å². The zero-order valence-corrected chi connectivity index (χ0v) is 11.6. The molecular formula is C16H25NO. The molecule has 100 valence electrons. The van der Waals surface area contributed by atoms with E-state index >= 15 is 0 Å². The molecule has 1 N–H and O–H groups in total. The first-order valence-corrected chi connectivity index (χ1v) is 7.05. The third kappa shape index (κ3) is 4.43. The van der Waals surface area contributed by atoms with Crippen molar-refractivity contribution >= 4 is 0 Å². The molecule has 0 amide bonds. The molecule has 0 radical (unpaired) electrons. The van der Waals surface area contributed by atoms with E-state index in [1.165, 1.54) is 12.0 Å². The maximum Gasteiger partial charge on any atom is 0.0480 e. The van der Waals surface area contributed by atoms with Gasteiger partial charge in [-0.15, -0.1) is 0 Å². The lowest BCUT2D eigenvalue weighted by Crippen LogP contribution is -2.48. The van der Waals surface area contributed by atoms with E-state index in [1.54, 1.807) is 0 Å². The van der Waals surface area contributed by atoms with E-state index in [0.29, 0.717) is 6.04 Å². The molecule has 0 aliphatic carbocycles. The Labute approximate surface area is 111 Å². The fourth-order valence-electron chi connectivity index (χ4n) is 2.57. The molecule has 2 heteroatoms. The maximum absolute atomic E-state index is 5.40. The predicted octanol–water partition coefficient (Wildman–Crippen LogP) is 3.17. The number of hydrogen-bond acceptors (Lipinski definition) is 2. The third-order valence-electron chi connectivity index (χ3n) is 3.70. The minimum absolute atomic E-state index is 0.206. The molecule has 1 aliphatic heterocycles. The summed E-state index contributed by atoms with van der Waals surface area (Å²) in [4.78, 5) is 0. The lowest BCUT2D eigenvalue weighted by atomic mass is 9.93. The van der Waals surface area contributed by atoms with Gasteiger partial charge in [0.2, 0.25) is 0 Å². The minimum Gasteiger partial charge on any atom is -0.381 e. The number of ether oxygens (including phenoxy) is 1. The van der Waals surface area contributed by atoms with Crippen LogP contribution in [-0.2, 0) is 11.2 Å². The van der Waals surface area contributed by atoms with Crippen molar-refractivity contribution in [3.05, 3.63) is 35.9 Å². The molecule has 0 aromatic heterocycles. The van der Waals surface area contributed by atoms with Gasteiger partial charge in [-0.1, -0.05) is 30.3 Å². The second-order valence-corrected chi connectivity index (χ2v) is 5.90. The van der Waals surface area contributed by atoms with E-state index in [1.807, 2.05) is 0 Å². The van der Waals surface area contributed by atoms with Crippen molar-refractivity contribution in [2.75, 3.05) is 13.2 Å². The minimum atomic E-state index is 0.206. The van der Waals surface area contributed by atoms with Crippen LogP contribution in [-0.4, -0.2) is 24.8 Å². The first-order valence-electron chi connectivity index (χ1n) is 7.05. The molecule has 1 saturated heterocycles. The molecule has 18 heavy (non-hydrogen) atoms. The molecular weight excluding hydrogens is 222 g/mol. The second kappa shape index (κ2) is 6.35. The molecule has 2 rings (SSSR count). The highest BCUT2D eigenvalue weighted by molar-refractivity contribution is 5.15. The monoisotopic (exact) mass is 247 g/mol. The first-order chi connectivity index (χ1) is 8.66. The van der Waals surface area contributed by atoms with Crippen LogP contribution in [0.5, 0.6) is 0 Å². The average molecular weight is 247 g/mol. The average Bonchev–Trinajstić information content (AvgIpc) is 2.38. The molecule has 0 unspecified atom stereocenters. The van der Waals surface area contributed by atoms with Gasteiger partial charge in [0.25, 0.3) is 0 Å². The number of aryl methyl sites for hydroxylation is 1. The Bertz CT molecular complexity index is 341. The lowest BCUT2D eigenvalue weighted by molar-refractivity contribution is 0.0695. The van der Waals surface area contributed by atoms with Crippen molar-refractivity contribution in [2.24, 2.45) is 0 Å². The molecule has 0 bridgehead atoms. The fraction of sp³-hybridized carbons (Fsp3) is 0.625. The van der Waals surface area contributed by atoms with E-state index in [2.05, 4.69) is 49.5 Å². The van der Waals surface area contributed by atoms with Gasteiger partial charge in [0.1, 0.15) is 0 Å². The smallest absolute Gasteiger partial charge is 0.0480 e. The lowest BCUT2D eigenvalue weighted by Gasteiger charge is -2.34. The highest BCUT2D eigenvalue weighted by atomic mass is 16.5. The van der Waals surface area contributed by atoms with Gasteiger partial charge in [0.05, 0.1) is 0 Å². The number of benzene rings is 1. The highest BCUT2D eigenvalue weighted by Gasteiger charge is 2.23. The van der Waals surface area contributed by atoms with Crippen molar-refractivity contribution < 1.29 is 4.74 Å². The Morgan fingerprint density at radius 3 is 2.50 bits per heavy atom. The Balaban J connectivity index is 1.79. The van der Waals surface area contributed by atoms with E-state index in [9.17, 15) is 0 Å². The summed E-state index contributed by atoms with van der Waals surface area (Å²) in [7, 11) is 0. The van der Waals surface area contributed by atoms with Crippen LogP contribution in [0.1, 0.15) is 38.7 Å². The zero-order valence-electron chi connectivity index (χ0n) is 11.6. The Morgan fingerprint density at radius 1 is 1.17 bits per heavy atom. The maximum atomic E-state index is 5.40. The van der Waals surface area contributed by atoms with Crippen LogP contribution in [0, 0.1) is 0 Å². The van der Waals surface area contributed by atoms with Crippen molar-refractivity contribution in [2.45, 2.75) is 51.1 Å². The molecule has 1 heterocycles. The molecule has 1 aromatic rings. The van der Waals surface area contributed by atoms with Crippen LogP contribution in [0.25, 0.3) is 0 Å². The van der Waals surface area contributed by atoms with Crippen LogP contribution in [0.4, 0.5) is 0 Å². The van der Waals surface area contributed by atoms with E-state index < -0.39 is 0 Å². The van der Waals surface area contributed by atoms with Crippen LogP contribution < -0.4 is 5.32 Å². The topological polar surface area (TPSA) is 21.3 Å². The normalized spacial score (nSPS) is 17.9. The quantitative estimate of drug-likeness (QED) is 0.863. The van der Waals surface area contributed by atoms with Gasteiger partial charge in [-0.25, -0.2) is 0 Å². The summed E-state index contributed by atoms with van der Waals surface area (Å²) in [6.45, 7) is 6.44. The summed E-state index contributed by atoms with van der Waals surface area (Å²) in [6.07, 6.45) is 4.61. The summed E-state index contributed by atoms with van der Waals surface area (Å²) in [5.74, 6) is 0. The summed E-state index contributed by atoms with van der Waals surface area (Å²) < 4.78 is 5.40. The van der Waals surface area contributed by atoms with E-state index in [4.69, 9.17) is 4.74 Å². The Morgan fingerprint density at radius 2 is 1.83 bits per heavy atom. The zero-order chi connectivity index (χ0) is 12.8. The van der Waals surface area contributed by atoms with Crippen LogP contribution in [0.15, 0.2) is 30.3 Å². The van der Waals surface area contributed by atoms with E-state index in [0.717, 1.165) is 32.5 Å². The molecule has 0 saturated carbocycles. The molecule has 0 atom stereocenters. The summed E-state index contributed by atoms with van der Waals surface area (Å²) >= 11 is 0. The van der Waals surface area contributed by atoms with Crippen LogP contribution in [0.2, 0.25) is 0 Å². The standard InChI is InChI=1S/C16H25NO/c1-16(2,17-15-9-12-18-13-10-15)11-8-14-6-4-3-5-7-14/h3-7,15,17H,8-13H2,1-2H3. The largest absolute Gasteiger partial charge is 0.381 e. The summed E-state index contributed by atoms with van der Waals surface area (Å²) in [5, 5.41) is 3.79. The molecule has 2 nitrogen and oxygen atoms in total. The predicted molar refractivity (Wildman–Crippen MR) is 75.8 cm³/mol. The van der Waals surface area contributed by atoms with Crippen LogP contribution in [0.3, 0.4) is 0 Å². The SMILES string of the molecule is CC(C)(CCc1ccccc1)NC1CCOCC1. The molecule has 0 spiro atoms. The van der Waals surface area contributed by atoms with Crippen molar-refractivity contribution in [3.8, 4) is 0 Å². The second-order valence-electron chi connectivity index (χ2n) is 5.90. The first kappa shape index (κ1) is 13.6. The third-order valence-corrected chi connectivity index (χ3v) is 3.70. The number of nitrogens with one attached hydrogen (secondary N) is 1. The summed E-state index contributed by atoms with van der Waals surface area (Å²) in [6, 6.07) is 11.4. The fourth-order valence-corrected chi connectivity index (χ4v) is 2.57. The van der Waals surface area contributed by atoms with Gasteiger partial charge >= 0.3 is 0 Å². The number of hydrogen-bond donors (Lipinski definition) is 1. The Kier molecular flexibility index (Phi) is 4.79. The van der Waals surface area contributed by atoms with E-state index in [-0.39, 0.29) is 5.54 Å². The van der Waals surface area contributed by atoms with Gasteiger partial charge in [-0.3, -0.25) is 0 Å². The van der Waals surface area contributed by atoms with Gasteiger partial charge in [-0.2, -0.15) is 0 Å². The van der Waals surface area contributed by atoms with Crippen molar-refractivity contribution in [1.29, 1.82) is 0 Å². The van der Waals surface area contributed by atoms with Crippen molar-refractivity contribution in [3.63, 3.8) is 0 Å². The van der Waals surface area contributed by atoms with Gasteiger partial charge in [0, 0.05) is 24.8 Å². The van der Waals surface area contributed by atoms with Gasteiger partial charge < -0.3 is 10.1 Å². The molecule has 1 aliphatic rings. The Hall–Kier alpha value is -0.860. The van der Waals surface area contributed by atoms with Crippen molar-refractivity contribution in [1.82, 2.24) is 5.32 Å². The number of rotatable bonds is 5. The van der Waals surface area contributed by atoms with Gasteiger partial charge in [-0.05, 0) is 45.1 Å². The molecule has 1 fully saturated rings. The van der Waals surface area contributed by atoms with Crippen LogP contribution >= 0.6 is 0 Å². The highest BCUT2D eigenvalue weighted by Crippen LogP contribution is 2.17. The summed E-state index contributed by atoms with van der Waals surface area (Å²) in [5.41, 5.74) is 1.64.